The minimum Gasteiger partial charge on any atom is -0.493 e. The number of aromatic nitrogens is 4. The number of ether oxygens (including phenoxy) is 3. The van der Waals surface area contributed by atoms with Crippen LogP contribution in [-0.4, -0.2) is 39.6 Å². The van der Waals surface area contributed by atoms with Gasteiger partial charge in [0.05, 0.1) is 37.1 Å². The number of imidazole rings is 1. The summed E-state index contributed by atoms with van der Waals surface area (Å²) in [5, 5.41) is 3.57. The minimum absolute atomic E-state index is 0.140. The summed E-state index contributed by atoms with van der Waals surface area (Å²) in [5.41, 5.74) is 2.29. The third kappa shape index (κ3) is 5.03. The summed E-state index contributed by atoms with van der Waals surface area (Å²) in [6.45, 7) is 4.32. The molecule has 0 atom stereocenters. The Morgan fingerprint density at radius 3 is 2.42 bits per heavy atom. The number of amides is 1. The highest BCUT2D eigenvalue weighted by Gasteiger charge is 2.13. The maximum absolute atomic E-state index is 12.4. The molecule has 0 radical (unpaired) electrons. The molecule has 4 aromatic rings. The van der Waals surface area contributed by atoms with E-state index in [1.54, 1.807) is 61.5 Å². The van der Waals surface area contributed by atoms with Gasteiger partial charge in [0.15, 0.2) is 11.5 Å². The van der Waals surface area contributed by atoms with Crippen molar-refractivity contribution in [2.75, 3.05) is 19.5 Å². The largest absolute Gasteiger partial charge is 0.493 e. The van der Waals surface area contributed by atoms with E-state index >= 15 is 0 Å². The molecule has 2 aromatic heterocycles. The van der Waals surface area contributed by atoms with Crippen LogP contribution in [0.25, 0.3) is 10.9 Å². The van der Waals surface area contributed by atoms with E-state index in [0.717, 1.165) is 5.69 Å². The van der Waals surface area contributed by atoms with E-state index < -0.39 is 0 Å². The number of hydrogen-bond donors (Lipinski definition) is 1. The Hall–Kier alpha value is -4.14. The summed E-state index contributed by atoms with van der Waals surface area (Å²) >= 11 is 0. The molecule has 0 saturated carbocycles. The zero-order chi connectivity index (χ0) is 23.4. The minimum atomic E-state index is -0.140. The van der Waals surface area contributed by atoms with Crippen LogP contribution < -0.4 is 19.5 Å². The van der Waals surface area contributed by atoms with Gasteiger partial charge in [-0.3, -0.25) is 4.79 Å². The number of anilines is 1. The molecule has 1 N–H and O–H groups in total. The monoisotopic (exact) mass is 447 g/mol. The van der Waals surface area contributed by atoms with Crippen LogP contribution in [0.3, 0.4) is 0 Å². The standard InChI is InChI=1S/C24H25N5O4/c1-15(2)20-11-29(14-27-20)12-23(30)28-16-5-7-17(8-6-16)33-24-18-9-21(31-3)22(32-4)10-19(18)25-13-26-24/h5-11,13-15H,12H2,1-4H3,(H,28,30). The smallest absolute Gasteiger partial charge is 0.244 e. The molecule has 9 heteroatoms. The first-order valence-corrected chi connectivity index (χ1v) is 10.4. The number of methoxy groups -OCH3 is 2. The highest BCUT2D eigenvalue weighted by atomic mass is 16.5. The molecule has 0 bridgehead atoms. The van der Waals surface area contributed by atoms with Gasteiger partial charge in [0.2, 0.25) is 11.8 Å². The number of nitrogens with zero attached hydrogens (tertiary/aromatic N) is 4. The topological polar surface area (TPSA) is 100 Å². The predicted octanol–water partition coefficient (Wildman–Crippen LogP) is 4.40. The molecule has 0 spiro atoms. The van der Waals surface area contributed by atoms with Gasteiger partial charge in [-0.1, -0.05) is 13.8 Å². The summed E-state index contributed by atoms with van der Waals surface area (Å²) in [7, 11) is 3.14. The summed E-state index contributed by atoms with van der Waals surface area (Å²) in [6.07, 6.45) is 4.99. The first kappa shape index (κ1) is 22.1. The van der Waals surface area contributed by atoms with Crippen molar-refractivity contribution in [3.05, 3.63) is 60.9 Å². The molecule has 0 aliphatic heterocycles. The van der Waals surface area contributed by atoms with Gasteiger partial charge in [-0.05, 0) is 36.2 Å². The van der Waals surface area contributed by atoms with Crippen molar-refractivity contribution in [1.29, 1.82) is 0 Å². The lowest BCUT2D eigenvalue weighted by Crippen LogP contribution is -2.17. The van der Waals surface area contributed by atoms with E-state index in [0.29, 0.717) is 45.6 Å². The average Bonchev–Trinajstić information content (AvgIpc) is 3.28. The first-order chi connectivity index (χ1) is 16.0. The Morgan fingerprint density at radius 2 is 1.76 bits per heavy atom. The van der Waals surface area contributed by atoms with Gasteiger partial charge in [-0.15, -0.1) is 0 Å². The maximum atomic E-state index is 12.4. The quantitative estimate of drug-likeness (QED) is 0.427. The van der Waals surface area contributed by atoms with Crippen LogP contribution in [0.5, 0.6) is 23.1 Å². The second kappa shape index (κ2) is 9.56. The fraction of sp³-hybridized carbons (Fsp3) is 0.250. The van der Waals surface area contributed by atoms with Crippen LogP contribution in [-0.2, 0) is 11.3 Å². The van der Waals surface area contributed by atoms with Gasteiger partial charge in [0, 0.05) is 18.0 Å². The van der Waals surface area contributed by atoms with E-state index in [-0.39, 0.29) is 12.5 Å². The average molecular weight is 447 g/mol. The van der Waals surface area contributed by atoms with Crippen molar-refractivity contribution in [1.82, 2.24) is 19.5 Å². The van der Waals surface area contributed by atoms with Crippen molar-refractivity contribution in [2.24, 2.45) is 0 Å². The van der Waals surface area contributed by atoms with E-state index in [2.05, 4.69) is 34.1 Å². The molecule has 0 aliphatic carbocycles. The third-order valence-electron chi connectivity index (χ3n) is 5.03. The number of benzene rings is 2. The number of nitrogens with one attached hydrogen (secondary N) is 1. The van der Waals surface area contributed by atoms with E-state index in [9.17, 15) is 4.79 Å². The molecule has 170 valence electrons. The lowest BCUT2D eigenvalue weighted by atomic mass is 10.2. The van der Waals surface area contributed by atoms with Crippen LogP contribution in [0.15, 0.2) is 55.2 Å². The van der Waals surface area contributed by atoms with Gasteiger partial charge in [0.1, 0.15) is 18.6 Å². The van der Waals surface area contributed by atoms with Gasteiger partial charge in [-0.2, -0.15) is 0 Å². The summed E-state index contributed by atoms with van der Waals surface area (Å²) < 4.78 is 18.4. The van der Waals surface area contributed by atoms with Crippen LogP contribution in [0.4, 0.5) is 5.69 Å². The Kier molecular flexibility index (Phi) is 6.39. The van der Waals surface area contributed by atoms with Crippen LogP contribution in [0.2, 0.25) is 0 Å². The van der Waals surface area contributed by atoms with Crippen molar-refractivity contribution in [3.8, 4) is 23.1 Å². The normalized spacial score (nSPS) is 10.9. The molecule has 9 nitrogen and oxygen atoms in total. The fourth-order valence-corrected chi connectivity index (χ4v) is 3.29. The number of carbonyl (C=O) groups excluding carboxylic acids is 1. The molecule has 33 heavy (non-hydrogen) atoms. The first-order valence-electron chi connectivity index (χ1n) is 10.4. The van der Waals surface area contributed by atoms with Gasteiger partial charge in [-0.25, -0.2) is 15.0 Å². The molecular formula is C24H25N5O4. The molecule has 0 fully saturated rings. The Labute approximate surface area is 191 Å². The molecule has 2 aromatic carbocycles. The zero-order valence-electron chi connectivity index (χ0n) is 18.9. The van der Waals surface area contributed by atoms with E-state index in [1.807, 2.05) is 6.20 Å². The van der Waals surface area contributed by atoms with Crippen molar-refractivity contribution >= 4 is 22.5 Å². The maximum Gasteiger partial charge on any atom is 0.244 e. The SMILES string of the molecule is COc1cc2ncnc(Oc3ccc(NC(=O)Cn4cnc(C(C)C)c4)cc3)c2cc1OC. The molecular weight excluding hydrogens is 422 g/mol. The Balaban J connectivity index is 1.45. The van der Waals surface area contributed by atoms with Crippen molar-refractivity contribution in [3.63, 3.8) is 0 Å². The summed E-state index contributed by atoms with van der Waals surface area (Å²) in [4.78, 5) is 25.2. The van der Waals surface area contributed by atoms with Gasteiger partial charge < -0.3 is 24.1 Å². The van der Waals surface area contributed by atoms with Crippen LogP contribution >= 0.6 is 0 Å². The highest BCUT2D eigenvalue weighted by molar-refractivity contribution is 5.90. The molecule has 0 aliphatic rings. The number of carbonyl (C=O) groups is 1. The predicted molar refractivity (Wildman–Crippen MR) is 124 cm³/mol. The van der Waals surface area contributed by atoms with Crippen LogP contribution in [0, 0.1) is 0 Å². The zero-order valence-corrected chi connectivity index (χ0v) is 18.9. The number of rotatable bonds is 8. The van der Waals surface area contributed by atoms with Crippen molar-refractivity contribution < 1.29 is 19.0 Å². The van der Waals surface area contributed by atoms with Crippen LogP contribution in [0.1, 0.15) is 25.5 Å². The molecule has 0 saturated heterocycles. The fourth-order valence-electron chi connectivity index (χ4n) is 3.29. The number of fused-ring (bicyclic) bond motifs is 1. The molecule has 2 heterocycles. The molecule has 4 rings (SSSR count). The number of hydrogen-bond acceptors (Lipinski definition) is 7. The second-order valence-electron chi connectivity index (χ2n) is 7.70. The van der Waals surface area contributed by atoms with Gasteiger partial charge in [0.25, 0.3) is 0 Å². The molecule has 0 unspecified atom stereocenters. The second-order valence-corrected chi connectivity index (χ2v) is 7.70. The lowest BCUT2D eigenvalue weighted by molar-refractivity contribution is -0.116. The molecule has 1 amide bonds. The summed E-state index contributed by atoms with van der Waals surface area (Å²) in [5.74, 6) is 2.26. The lowest BCUT2D eigenvalue weighted by Gasteiger charge is -2.12. The highest BCUT2D eigenvalue weighted by Crippen LogP contribution is 2.35. The summed E-state index contributed by atoms with van der Waals surface area (Å²) in [6, 6.07) is 10.6. The van der Waals surface area contributed by atoms with Crippen molar-refractivity contribution in [2.45, 2.75) is 26.3 Å². The van der Waals surface area contributed by atoms with E-state index in [4.69, 9.17) is 14.2 Å². The Bertz CT molecular complexity index is 1270. The third-order valence-corrected chi connectivity index (χ3v) is 5.03. The Morgan fingerprint density at radius 1 is 1.03 bits per heavy atom. The van der Waals surface area contributed by atoms with Gasteiger partial charge >= 0.3 is 0 Å². The van der Waals surface area contributed by atoms with E-state index in [1.165, 1.54) is 6.33 Å².